The first kappa shape index (κ1) is 20.7. The van der Waals surface area contributed by atoms with E-state index in [2.05, 4.69) is 20.9 Å². The lowest BCUT2D eigenvalue weighted by Gasteiger charge is -2.14. The number of guanidine groups is 1. The summed E-state index contributed by atoms with van der Waals surface area (Å²) in [6.45, 7) is 2.75. The molecule has 162 valence electrons. The minimum Gasteiger partial charge on any atom is -0.454 e. The van der Waals surface area contributed by atoms with Gasteiger partial charge < -0.3 is 24.8 Å². The summed E-state index contributed by atoms with van der Waals surface area (Å²) in [4.78, 5) is 28.7. The van der Waals surface area contributed by atoms with Crippen molar-refractivity contribution >= 4 is 29.1 Å². The number of benzene rings is 2. The van der Waals surface area contributed by atoms with E-state index in [9.17, 15) is 9.59 Å². The van der Waals surface area contributed by atoms with Gasteiger partial charge in [-0.2, -0.15) is 0 Å². The summed E-state index contributed by atoms with van der Waals surface area (Å²) in [7, 11) is 0. The van der Waals surface area contributed by atoms with Gasteiger partial charge in [-0.15, -0.1) is 0 Å². The Morgan fingerprint density at radius 1 is 1.06 bits per heavy atom. The van der Waals surface area contributed by atoms with Crippen molar-refractivity contribution in [2.45, 2.75) is 25.9 Å². The number of carbonyl (C=O) groups excluding carboxylic acids is 2. The van der Waals surface area contributed by atoms with Crippen LogP contribution < -0.4 is 25.4 Å². The van der Waals surface area contributed by atoms with E-state index in [0.717, 1.165) is 19.4 Å². The first-order valence-electron chi connectivity index (χ1n) is 10.1. The van der Waals surface area contributed by atoms with Gasteiger partial charge in [0, 0.05) is 36.5 Å². The third kappa shape index (κ3) is 5.52. The average Bonchev–Trinajstić information content (AvgIpc) is 3.43. The minimum absolute atomic E-state index is 0.0357. The van der Waals surface area contributed by atoms with E-state index >= 15 is 0 Å². The summed E-state index contributed by atoms with van der Waals surface area (Å²) in [6.07, 6.45) is 1.98. The number of nitrogens with one attached hydrogen (secondary N) is 3. The number of carbonyl (C=O) groups is 2. The van der Waals surface area contributed by atoms with Crippen LogP contribution in [0.3, 0.4) is 0 Å². The minimum atomic E-state index is -0.355. The second kappa shape index (κ2) is 9.48. The molecule has 0 unspecified atom stereocenters. The Balaban J connectivity index is 1.50. The molecule has 0 aromatic heterocycles. The molecule has 2 aromatic rings. The maximum absolute atomic E-state index is 12.8. The summed E-state index contributed by atoms with van der Waals surface area (Å²) in [5, 5.41) is 8.62. The van der Waals surface area contributed by atoms with Crippen LogP contribution >= 0.6 is 0 Å². The maximum atomic E-state index is 12.8. The number of hydrogen-bond donors (Lipinski definition) is 3. The highest BCUT2D eigenvalue weighted by molar-refractivity contribution is 6.10. The Morgan fingerprint density at radius 2 is 1.90 bits per heavy atom. The predicted octanol–water partition coefficient (Wildman–Crippen LogP) is 2.75. The van der Waals surface area contributed by atoms with E-state index in [1.54, 1.807) is 36.4 Å². The van der Waals surface area contributed by atoms with Crippen LogP contribution in [0.15, 0.2) is 47.5 Å². The number of nitrogens with zero attached hydrogens (tertiary/aromatic N) is 1. The molecule has 2 aliphatic rings. The number of aliphatic imine (C=N–C) groups is 1. The number of amides is 2. The van der Waals surface area contributed by atoms with Crippen molar-refractivity contribution in [1.82, 2.24) is 5.32 Å². The molecule has 0 radical (unpaired) electrons. The van der Waals surface area contributed by atoms with Crippen molar-refractivity contribution in [3.8, 4) is 11.5 Å². The Bertz CT molecular complexity index is 1000. The van der Waals surface area contributed by atoms with Crippen molar-refractivity contribution in [2.75, 3.05) is 30.6 Å². The van der Waals surface area contributed by atoms with Gasteiger partial charge in [0.05, 0.1) is 12.6 Å². The zero-order valence-electron chi connectivity index (χ0n) is 17.1. The van der Waals surface area contributed by atoms with Crippen molar-refractivity contribution < 1.29 is 23.8 Å². The van der Waals surface area contributed by atoms with Crippen LogP contribution in [0.4, 0.5) is 11.4 Å². The molecule has 1 atom stereocenters. The molecule has 0 aliphatic carbocycles. The molecule has 2 amide bonds. The van der Waals surface area contributed by atoms with Gasteiger partial charge >= 0.3 is 0 Å². The van der Waals surface area contributed by atoms with Gasteiger partial charge in [-0.3, -0.25) is 14.9 Å². The monoisotopic (exact) mass is 424 g/mol. The Morgan fingerprint density at radius 3 is 2.71 bits per heavy atom. The third-order valence-electron chi connectivity index (χ3n) is 4.79. The van der Waals surface area contributed by atoms with E-state index in [4.69, 9.17) is 14.2 Å². The third-order valence-corrected chi connectivity index (χ3v) is 4.79. The van der Waals surface area contributed by atoms with Crippen LogP contribution in [0.1, 0.15) is 30.1 Å². The zero-order valence-corrected chi connectivity index (χ0v) is 17.1. The second-order valence-corrected chi connectivity index (χ2v) is 7.23. The fraction of sp³-hybridized carbons (Fsp3) is 0.318. The summed E-state index contributed by atoms with van der Waals surface area (Å²) in [6, 6.07) is 12.1. The quantitative estimate of drug-likeness (QED) is 0.503. The highest BCUT2D eigenvalue weighted by atomic mass is 16.7. The fourth-order valence-corrected chi connectivity index (χ4v) is 3.32. The van der Waals surface area contributed by atoms with Crippen molar-refractivity contribution in [1.29, 1.82) is 0 Å². The molecular formula is C22H24N4O5. The standard InChI is InChI=1S/C22H24N4O5/c1-14(27)24-16-5-2-4-15(10-16)21(28)26-22(23-12-18-6-3-9-29-18)25-17-7-8-19-20(11-17)31-13-30-19/h2,4-5,7-8,10-11,18H,3,6,9,12-13H2,1H3,(H,24,27)(H2,23,25,26,28)/t18-/m0/s1. The molecule has 4 rings (SSSR count). The number of anilines is 2. The van der Waals surface area contributed by atoms with E-state index < -0.39 is 0 Å². The lowest BCUT2D eigenvalue weighted by molar-refractivity contribution is -0.114. The Labute approximate surface area is 179 Å². The van der Waals surface area contributed by atoms with Gasteiger partial charge in [-0.05, 0) is 43.2 Å². The first-order valence-corrected chi connectivity index (χ1v) is 10.1. The predicted molar refractivity (Wildman–Crippen MR) is 116 cm³/mol. The van der Waals surface area contributed by atoms with Crippen LogP contribution in [0.25, 0.3) is 0 Å². The van der Waals surface area contributed by atoms with Gasteiger partial charge in [-0.1, -0.05) is 6.07 Å². The molecular weight excluding hydrogens is 400 g/mol. The van der Waals surface area contributed by atoms with Crippen LogP contribution in [-0.4, -0.2) is 43.8 Å². The molecule has 2 aromatic carbocycles. The lowest BCUT2D eigenvalue weighted by Crippen LogP contribution is -2.36. The molecule has 9 nitrogen and oxygen atoms in total. The summed E-state index contributed by atoms with van der Waals surface area (Å²) in [5.74, 6) is 1.02. The van der Waals surface area contributed by atoms with Gasteiger partial charge in [0.15, 0.2) is 11.5 Å². The molecule has 0 spiro atoms. The lowest BCUT2D eigenvalue weighted by atomic mass is 10.2. The second-order valence-electron chi connectivity index (χ2n) is 7.23. The number of fused-ring (bicyclic) bond motifs is 1. The molecule has 1 fully saturated rings. The topological polar surface area (TPSA) is 110 Å². The van der Waals surface area contributed by atoms with Gasteiger partial charge in [0.2, 0.25) is 18.7 Å². The van der Waals surface area contributed by atoms with E-state index in [-0.39, 0.29) is 24.7 Å². The normalized spacial score (nSPS) is 17.3. The van der Waals surface area contributed by atoms with E-state index in [1.807, 2.05) is 6.07 Å². The maximum Gasteiger partial charge on any atom is 0.258 e. The fourth-order valence-electron chi connectivity index (χ4n) is 3.32. The summed E-state index contributed by atoms with van der Waals surface area (Å²) >= 11 is 0. The molecule has 0 bridgehead atoms. The number of rotatable bonds is 5. The highest BCUT2D eigenvalue weighted by Crippen LogP contribution is 2.34. The molecule has 2 heterocycles. The van der Waals surface area contributed by atoms with Crippen LogP contribution in [-0.2, 0) is 9.53 Å². The molecule has 0 saturated carbocycles. The molecule has 3 N–H and O–H groups in total. The van der Waals surface area contributed by atoms with Gasteiger partial charge in [0.1, 0.15) is 0 Å². The highest BCUT2D eigenvalue weighted by Gasteiger charge is 2.18. The summed E-state index contributed by atoms with van der Waals surface area (Å²) in [5.41, 5.74) is 1.63. The number of ether oxygens (including phenoxy) is 3. The van der Waals surface area contributed by atoms with Crippen molar-refractivity contribution in [3.63, 3.8) is 0 Å². The van der Waals surface area contributed by atoms with Crippen LogP contribution in [0, 0.1) is 0 Å². The molecule has 31 heavy (non-hydrogen) atoms. The Kier molecular flexibility index (Phi) is 6.32. The van der Waals surface area contributed by atoms with Crippen LogP contribution in [0.2, 0.25) is 0 Å². The molecule has 1 saturated heterocycles. The zero-order chi connectivity index (χ0) is 21.6. The van der Waals surface area contributed by atoms with Gasteiger partial charge in [-0.25, -0.2) is 4.99 Å². The Hall–Kier alpha value is -3.59. The SMILES string of the molecule is CC(=O)Nc1cccc(C(=O)NC(=NC[C@@H]2CCCO2)Nc2ccc3c(c2)OCO3)c1. The largest absolute Gasteiger partial charge is 0.454 e. The first-order chi connectivity index (χ1) is 15.1. The van der Waals surface area contributed by atoms with Crippen molar-refractivity contribution in [3.05, 3.63) is 48.0 Å². The average molecular weight is 424 g/mol. The summed E-state index contributed by atoms with van der Waals surface area (Å²) < 4.78 is 16.4. The van der Waals surface area contributed by atoms with E-state index in [1.165, 1.54) is 6.92 Å². The number of hydrogen-bond acceptors (Lipinski definition) is 6. The van der Waals surface area contributed by atoms with Crippen LogP contribution in [0.5, 0.6) is 11.5 Å². The van der Waals surface area contributed by atoms with Gasteiger partial charge in [0.25, 0.3) is 5.91 Å². The van der Waals surface area contributed by atoms with Crippen molar-refractivity contribution in [2.24, 2.45) is 4.99 Å². The smallest absolute Gasteiger partial charge is 0.258 e. The molecule has 2 aliphatic heterocycles. The van der Waals surface area contributed by atoms with E-state index in [0.29, 0.717) is 40.9 Å². The molecule has 9 heteroatoms.